The number of carbonyl (C=O) groups is 1. The highest BCUT2D eigenvalue weighted by Crippen LogP contribution is 2.24. The van der Waals surface area contributed by atoms with Crippen LogP contribution in [0.2, 0.25) is 10.0 Å². The van der Waals surface area contributed by atoms with Gasteiger partial charge in [0.25, 0.3) is 5.91 Å². The summed E-state index contributed by atoms with van der Waals surface area (Å²) in [5.74, 6) is 0.733. The molecule has 0 saturated carbocycles. The van der Waals surface area contributed by atoms with Crippen LogP contribution in [-0.2, 0) is 0 Å². The molecule has 29 heavy (non-hydrogen) atoms. The standard InChI is InChI=1S/C21H32Cl2N4O2/c22-17-9-7-10-18(23)20(17)21(29)27-16(15-28)8-5-3-1-2-4-6-11-25-19-14-24-12-13-26-19/h7,9-10,16,24,28H,1-6,8,11-15H2,(H,25,26)(H,27,29). The van der Waals surface area contributed by atoms with E-state index in [4.69, 9.17) is 23.2 Å². The summed E-state index contributed by atoms with van der Waals surface area (Å²) in [5, 5.41) is 19.7. The molecular formula is C21H32Cl2N4O2. The Balaban J connectivity index is 1.54. The number of aliphatic hydroxyl groups excluding tert-OH is 1. The van der Waals surface area contributed by atoms with Crippen LogP contribution in [0.5, 0.6) is 0 Å². The highest BCUT2D eigenvalue weighted by Gasteiger charge is 2.18. The lowest BCUT2D eigenvalue weighted by Gasteiger charge is -2.17. The Bertz CT molecular complexity index is 650. The molecule has 0 saturated heterocycles. The van der Waals surface area contributed by atoms with Gasteiger partial charge < -0.3 is 21.1 Å². The molecule has 2 rings (SSSR count). The van der Waals surface area contributed by atoms with E-state index in [1.807, 2.05) is 0 Å². The van der Waals surface area contributed by atoms with Crippen molar-refractivity contribution in [2.45, 2.75) is 51.0 Å². The first-order chi connectivity index (χ1) is 14.1. The minimum atomic E-state index is -0.343. The van der Waals surface area contributed by atoms with Crippen LogP contribution in [0.3, 0.4) is 0 Å². The van der Waals surface area contributed by atoms with Crippen molar-refractivity contribution in [2.75, 3.05) is 32.8 Å². The van der Waals surface area contributed by atoms with Gasteiger partial charge in [0.15, 0.2) is 0 Å². The van der Waals surface area contributed by atoms with E-state index in [-0.39, 0.29) is 24.1 Å². The van der Waals surface area contributed by atoms with Crippen molar-refractivity contribution in [1.29, 1.82) is 0 Å². The molecule has 0 fully saturated rings. The number of aliphatic hydroxyl groups is 1. The Morgan fingerprint density at radius 2 is 1.83 bits per heavy atom. The SMILES string of the molecule is O=C(NC(CO)CCCCCCCCNC1=NCCNC1)c1c(Cl)cccc1Cl. The molecule has 0 radical (unpaired) electrons. The third kappa shape index (κ3) is 8.91. The molecular weight excluding hydrogens is 411 g/mol. The molecule has 0 bridgehead atoms. The van der Waals surface area contributed by atoms with E-state index in [9.17, 15) is 9.90 Å². The normalized spacial score (nSPS) is 14.9. The predicted molar refractivity (Wildman–Crippen MR) is 120 cm³/mol. The Hall–Kier alpha value is -1.34. The van der Waals surface area contributed by atoms with Crippen molar-refractivity contribution in [2.24, 2.45) is 4.99 Å². The number of nitrogens with one attached hydrogen (secondary N) is 3. The van der Waals surface area contributed by atoms with Gasteiger partial charge in [0.1, 0.15) is 5.84 Å². The molecule has 1 aromatic rings. The number of carbonyl (C=O) groups excluding carboxylic acids is 1. The summed E-state index contributed by atoms with van der Waals surface area (Å²) in [4.78, 5) is 16.8. The average Bonchev–Trinajstić information content (AvgIpc) is 2.72. The zero-order chi connectivity index (χ0) is 20.9. The molecule has 0 aromatic heterocycles. The lowest BCUT2D eigenvalue weighted by atomic mass is 10.1. The third-order valence-corrected chi connectivity index (χ3v) is 5.57. The number of benzene rings is 1. The summed E-state index contributed by atoms with van der Waals surface area (Å²) >= 11 is 12.1. The van der Waals surface area contributed by atoms with Gasteiger partial charge in [0.05, 0.1) is 41.3 Å². The average molecular weight is 443 g/mol. The molecule has 162 valence electrons. The van der Waals surface area contributed by atoms with Crippen molar-refractivity contribution < 1.29 is 9.90 Å². The predicted octanol–water partition coefficient (Wildman–Crippen LogP) is 3.41. The zero-order valence-corrected chi connectivity index (χ0v) is 18.4. The quantitative estimate of drug-likeness (QED) is 0.373. The summed E-state index contributed by atoms with van der Waals surface area (Å²) in [6.45, 7) is 3.57. The van der Waals surface area contributed by atoms with E-state index < -0.39 is 0 Å². The Labute approximate surface area is 183 Å². The van der Waals surface area contributed by atoms with Gasteiger partial charge in [-0.15, -0.1) is 0 Å². The fourth-order valence-corrected chi connectivity index (χ4v) is 3.86. The number of nitrogens with zero attached hydrogens (tertiary/aromatic N) is 1. The number of halogens is 2. The number of unbranched alkanes of at least 4 members (excludes halogenated alkanes) is 5. The summed E-state index contributed by atoms with van der Waals surface area (Å²) in [6, 6.07) is 4.67. The Morgan fingerprint density at radius 3 is 2.48 bits per heavy atom. The largest absolute Gasteiger partial charge is 0.394 e. The van der Waals surface area contributed by atoms with Gasteiger partial charge in [0, 0.05) is 13.1 Å². The molecule has 0 spiro atoms. The van der Waals surface area contributed by atoms with Gasteiger partial charge in [-0.3, -0.25) is 9.79 Å². The molecule has 1 aliphatic rings. The van der Waals surface area contributed by atoms with E-state index >= 15 is 0 Å². The van der Waals surface area contributed by atoms with Crippen LogP contribution in [0, 0.1) is 0 Å². The first-order valence-corrected chi connectivity index (χ1v) is 11.2. The minimum absolute atomic E-state index is 0.0990. The van der Waals surface area contributed by atoms with E-state index in [1.165, 1.54) is 12.8 Å². The van der Waals surface area contributed by atoms with Crippen LogP contribution in [0.15, 0.2) is 23.2 Å². The number of hydrogen-bond acceptors (Lipinski definition) is 5. The second-order valence-electron chi connectivity index (χ2n) is 7.29. The first-order valence-electron chi connectivity index (χ1n) is 10.5. The Kier molecular flexibility index (Phi) is 11.4. The monoisotopic (exact) mass is 442 g/mol. The van der Waals surface area contributed by atoms with E-state index in [2.05, 4.69) is 20.9 Å². The van der Waals surface area contributed by atoms with Crippen molar-refractivity contribution in [1.82, 2.24) is 16.0 Å². The molecule has 0 aliphatic carbocycles. The molecule has 1 aromatic carbocycles. The Morgan fingerprint density at radius 1 is 1.14 bits per heavy atom. The molecule has 1 aliphatic heterocycles. The van der Waals surface area contributed by atoms with Crippen LogP contribution < -0.4 is 16.0 Å². The summed E-state index contributed by atoms with van der Waals surface area (Å²) < 4.78 is 0. The molecule has 8 heteroatoms. The number of amides is 1. The summed E-state index contributed by atoms with van der Waals surface area (Å²) in [5.41, 5.74) is 0.262. The maximum absolute atomic E-state index is 12.4. The third-order valence-electron chi connectivity index (χ3n) is 4.94. The lowest BCUT2D eigenvalue weighted by Crippen LogP contribution is -2.39. The van der Waals surface area contributed by atoms with Gasteiger partial charge in [-0.2, -0.15) is 0 Å². The maximum atomic E-state index is 12.4. The molecule has 1 heterocycles. The van der Waals surface area contributed by atoms with Crippen molar-refractivity contribution >= 4 is 34.9 Å². The molecule has 6 nitrogen and oxygen atoms in total. The van der Waals surface area contributed by atoms with E-state index in [0.29, 0.717) is 10.0 Å². The van der Waals surface area contributed by atoms with Crippen molar-refractivity contribution in [3.05, 3.63) is 33.8 Å². The number of amidine groups is 1. The van der Waals surface area contributed by atoms with Crippen LogP contribution in [-0.4, -0.2) is 55.7 Å². The minimum Gasteiger partial charge on any atom is -0.394 e. The maximum Gasteiger partial charge on any atom is 0.254 e. The summed E-state index contributed by atoms with van der Waals surface area (Å²) in [6.07, 6.45) is 7.47. The van der Waals surface area contributed by atoms with Gasteiger partial charge in [-0.05, 0) is 25.0 Å². The van der Waals surface area contributed by atoms with Crippen molar-refractivity contribution in [3.8, 4) is 0 Å². The molecule has 4 N–H and O–H groups in total. The van der Waals surface area contributed by atoms with Crippen LogP contribution >= 0.6 is 23.2 Å². The fraction of sp³-hybridized carbons (Fsp3) is 0.619. The number of rotatable bonds is 12. The molecule has 1 unspecified atom stereocenters. The zero-order valence-electron chi connectivity index (χ0n) is 16.9. The second kappa shape index (κ2) is 13.8. The number of aliphatic imine (C=N–C) groups is 1. The topological polar surface area (TPSA) is 85.8 Å². The van der Waals surface area contributed by atoms with Gasteiger partial charge in [0.2, 0.25) is 0 Å². The molecule has 1 atom stereocenters. The fourth-order valence-electron chi connectivity index (χ4n) is 3.29. The highest BCUT2D eigenvalue weighted by molar-refractivity contribution is 6.39. The second-order valence-corrected chi connectivity index (χ2v) is 8.11. The first kappa shape index (κ1) is 23.9. The van der Waals surface area contributed by atoms with Crippen LogP contribution in [0.25, 0.3) is 0 Å². The van der Waals surface area contributed by atoms with Gasteiger partial charge >= 0.3 is 0 Å². The molecule has 1 amide bonds. The van der Waals surface area contributed by atoms with Gasteiger partial charge in [-0.1, -0.05) is 61.4 Å². The lowest BCUT2D eigenvalue weighted by molar-refractivity contribution is 0.0912. The van der Waals surface area contributed by atoms with Crippen molar-refractivity contribution in [3.63, 3.8) is 0 Å². The van der Waals surface area contributed by atoms with E-state index in [1.54, 1.807) is 18.2 Å². The van der Waals surface area contributed by atoms with Crippen LogP contribution in [0.1, 0.15) is 55.3 Å². The van der Waals surface area contributed by atoms with E-state index in [0.717, 1.165) is 64.1 Å². The van der Waals surface area contributed by atoms with Gasteiger partial charge in [-0.25, -0.2) is 0 Å². The van der Waals surface area contributed by atoms with Crippen LogP contribution in [0.4, 0.5) is 0 Å². The highest BCUT2D eigenvalue weighted by atomic mass is 35.5. The smallest absolute Gasteiger partial charge is 0.254 e. The number of hydrogen-bond donors (Lipinski definition) is 4. The summed E-state index contributed by atoms with van der Waals surface area (Å²) in [7, 11) is 0.